The van der Waals surface area contributed by atoms with Crippen LogP contribution >= 0.6 is 22.9 Å². The van der Waals surface area contributed by atoms with Crippen molar-refractivity contribution < 1.29 is 0 Å². The first-order valence-corrected chi connectivity index (χ1v) is 6.28. The maximum atomic E-state index is 12.0. The van der Waals surface area contributed by atoms with Crippen molar-refractivity contribution in [2.24, 2.45) is 0 Å². The van der Waals surface area contributed by atoms with Gasteiger partial charge in [-0.15, -0.1) is 17.8 Å². The number of halogens is 1. The number of anilines is 1. The number of nitrogens with one attached hydrogen (secondary N) is 1. The van der Waals surface area contributed by atoms with E-state index in [0.29, 0.717) is 12.2 Å². The summed E-state index contributed by atoms with van der Waals surface area (Å²) in [6.07, 6.45) is 8.29. The highest BCUT2D eigenvalue weighted by molar-refractivity contribution is 7.09. The maximum absolute atomic E-state index is 12.0. The zero-order valence-corrected chi connectivity index (χ0v) is 10.8. The third-order valence-corrected chi connectivity index (χ3v) is 3.23. The molecule has 0 amide bonds. The molecule has 2 aromatic rings. The number of rotatable bonds is 4. The molecule has 0 radical (unpaired) electrons. The second-order valence-corrected chi connectivity index (χ2v) is 4.73. The molecule has 2 heterocycles. The lowest BCUT2D eigenvalue weighted by molar-refractivity contribution is 0.664. The topological polar surface area (TPSA) is 59.8 Å². The molecule has 92 valence electrons. The summed E-state index contributed by atoms with van der Waals surface area (Å²) in [5, 5.41) is 7.11. The van der Waals surface area contributed by atoms with Crippen molar-refractivity contribution in [2.75, 3.05) is 5.32 Å². The second-order valence-electron chi connectivity index (χ2n) is 3.36. The van der Waals surface area contributed by atoms with Gasteiger partial charge in [-0.05, 0) is 0 Å². The molecule has 7 heteroatoms. The van der Waals surface area contributed by atoms with Crippen molar-refractivity contribution in [3.63, 3.8) is 0 Å². The van der Waals surface area contributed by atoms with Gasteiger partial charge in [-0.1, -0.05) is 17.5 Å². The van der Waals surface area contributed by atoms with Crippen LogP contribution in [0.25, 0.3) is 0 Å². The van der Waals surface area contributed by atoms with E-state index < -0.39 is 0 Å². The summed E-state index contributed by atoms with van der Waals surface area (Å²) in [5.41, 5.74) is 1.70. The van der Waals surface area contributed by atoms with Crippen molar-refractivity contribution in [2.45, 2.75) is 13.1 Å². The molecule has 2 aromatic heterocycles. The largest absolute Gasteiger partial charge is 0.374 e. The Balaban J connectivity index is 2.24. The molecule has 0 unspecified atom stereocenters. The van der Waals surface area contributed by atoms with E-state index in [0.717, 1.165) is 4.88 Å². The Bertz CT molecular complexity index is 629. The summed E-state index contributed by atoms with van der Waals surface area (Å²) < 4.78 is 1.18. The zero-order chi connectivity index (χ0) is 13.0. The molecule has 0 saturated carbocycles. The highest BCUT2D eigenvalue weighted by atomic mass is 35.5. The van der Waals surface area contributed by atoms with E-state index in [1.54, 1.807) is 11.7 Å². The average molecular weight is 281 g/mol. The Hall–Kier alpha value is -1.84. The molecule has 0 aliphatic rings. The summed E-state index contributed by atoms with van der Waals surface area (Å²) >= 11 is 7.43. The summed E-state index contributed by atoms with van der Waals surface area (Å²) in [6.45, 7) is 0.602. The average Bonchev–Trinajstić information content (AvgIpc) is 2.86. The Labute approximate surface area is 112 Å². The minimum absolute atomic E-state index is 0.116. The van der Waals surface area contributed by atoms with Crippen molar-refractivity contribution in [1.29, 1.82) is 0 Å². The molecular weight excluding hydrogens is 272 g/mol. The van der Waals surface area contributed by atoms with Crippen molar-refractivity contribution in [1.82, 2.24) is 14.8 Å². The summed E-state index contributed by atoms with van der Waals surface area (Å²) in [7, 11) is 0. The molecular formula is C11H9ClN4OS. The number of hydrogen-bond donors (Lipinski definition) is 1. The van der Waals surface area contributed by atoms with Gasteiger partial charge >= 0.3 is 0 Å². The predicted molar refractivity (Wildman–Crippen MR) is 71.8 cm³/mol. The van der Waals surface area contributed by atoms with Gasteiger partial charge in [0.1, 0.15) is 12.2 Å². The first-order chi connectivity index (χ1) is 8.72. The standard InChI is InChI=1S/C11H9ClN4OS/c1-2-3-16-11(17)10(9(12)6-15-16)14-5-8-4-13-7-18-8/h1,4,6-7,14H,3,5H2. The van der Waals surface area contributed by atoms with Crippen LogP contribution in [-0.2, 0) is 13.1 Å². The van der Waals surface area contributed by atoms with E-state index in [1.807, 2.05) is 0 Å². The lowest BCUT2D eigenvalue weighted by Crippen LogP contribution is -2.25. The summed E-state index contributed by atoms with van der Waals surface area (Å²) in [6, 6.07) is 0. The van der Waals surface area contributed by atoms with Crippen molar-refractivity contribution in [3.8, 4) is 12.3 Å². The number of thiazole rings is 1. The molecule has 0 aliphatic heterocycles. The van der Waals surface area contributed by atoms with Crippen LogP contribution < -0.4 is 10.9 Å². The third-order valence-electron chi connectivity index (χ3n) is 2.16. The lowest BCUT2D eigenvalue weighted by atomic mass is 10.4. The van der Waals surface area contributed by atoms with Crippen LogP contribution in [0, 0.1) is 12.3 Å². The van der Waals surface area contributed by atoms with Crippen LogP contribution in [0.15, 0.2) is 22.7 Å². The Kier molecular flexibility index (Phi) is 3.97. The number of nitrogens with zero attached hydrogens (tertiary/aromatic N) is 3. The molecule has 0 spiro atoms. The highest BCUT2D eigenvalue weighted by Crippen LogP contribution is 2.16. The van der Waals surface area contributed by atoms with Crippen molar-refractivity contribution in [3.05, 3.63) is 38.2 Å². The van der Waals surface area contributed by atoms with Crippen LogP contribution in [0.4, 0.5) is 5.69 Å². The molecule has 0 saturated heterocycles. The monoisotopic (exact) mass is 280 g/mol. The maximum Gasteiger partial charge on any atom is 0.292 e. The normalized spacial score (nSPS) is 10.0. The molecule has 18 heavy (non-hydrogen) atoms. The van der Waals surface area contributed by atoms with Crippen LogP contribution in [0.1, 0.15) is 4.88 Å². The van der Waals surface area contributed by atoms with E-state index in [1.165, 1.54) is 22.2 Å². The fourth-order valence-electron chi connectivity index (χ4n) is 1.33. The number of hydrogen-bond acceptors (Lipinski definition) is 5. The molecule has 0 aromatic carbocycles. The van der Waals surface area contributed by atoms with Crippen LogP contribution in [0.3, 0.4) is 0 Å². The van der Waals surface area contributed by atoms with Gasteiger partial charge in [0, 0.05) is 11.1 Å². The molecule has 0 bridgehead atoms. The minimum Gasteiger partial charge on any atom is -0.374 e. The van der Waals surface area contributed by atoms with Crippen LogP contribution in [0.5, 0.6) is 0 Å². The first kappa shape index (κ1) is 12.6. The molecule has 1 N–H and O–H groups in total. The zero-order valence-electron chi connectivity index (χ0n) is 9.26. The second kappa shape index (κ2) is 5.67. The smallest absolute Gasteiger partial charge is 0.292 e. The number of terminal acetylenes is 1. The Morgan fingerprint density at radius 3 is 3.06 bits per heavy atom. The van der Waals surface area contributed by atoms with Gasteiger partial charge < -0.3 is 5.32 Å². The van der Waals surface area contributed by atoms with Crippen LogP contribution in [0.2, 0.25) is 5.02 Å². The van der Waals surface area contributed by atoms with Gasteiger partial charge in [0.25, 0.3) is 5.56 Å². The summed E-state index contributed by atoms with van der Waals surface area (Å²) in [5.74, 6) is 2.36. The fourth-order valence-corrected chi connectivity index (χ4v) is 2.06. The number of aromatic nitrogens is 3. The SMILES string of the molecule is C#CCn1ncc(Cl)c(NCc2cncs2)c1=O. The van der Waals surface area contributed by atoms with E-state index in [-0.39, 0.29) is 17.1 Å². The van der Waals surface area contributed by atoms with E-state index in [9.17, 15) is 4.79 Å². The van der Waals surface area contributed by atoms with Gasteiger partial charge in [0.05, 0.1) is 23.3 Å². The van der Waals surface area contributed by atoms with E-state index >= 15 is 0 Å². The Morgan fingerprint density at radius 1 is 1.56 bits per heavy atom. The minimum atomic E-state index is -0.329. The van der Waals surface area contributed by atoms with Gasteiger partial charge in [0.15, 0.2) is 0 Å². The summed E-state index contributed by atoms with van der Waals surface area (Å²) in [4.78, 5) is 16.9. The third kappa shape index (κ3) is 2.70. The molecule has 2 rings (SSSR count). The molecule has 5 nitrogen and oxygen atoms in total. The highest BCUT2D eigenvalue weighted by Gasteiger charge is 2.09. The van der Waals surface area contributed by atoms with E-state index in [2.05, 4.69) is 21.3 Å². The van der Waals surface area contributed by atoms with Crippen LogP contribution in [-0.4, -0.2) is 14.8 Å². The van der Waals surface area contributed by atoms with E-state index in [4.69, 9.17) is 18.0 Å². The quantitative estimate of drug-likeness (QED) is 0.864. The molecule has 0 aliphatic carbocycles. The van der Waals surface area contributed by atoms with Gasteiger partial charge in [-0.2, -0.15) is 5.10 Å². The van der Waals surface area contributed by atoms with Crippen molar-refractivity contribution >= 4 is 28.6 Å². The predicted octanol–water partition coefficient (Wildman–Crippen LogP) is 1.60. The first-order valence-electron chi connectivity index (χ1n) is 5.02. The fraction of sp³-hybridized carbons (Fsp3) is 0.182. The molecule has 0 atom stereocenters. The van der Waals surface area contributed by atoms with Gasteiger partial charge in [-0.25, -0.2) is 4.68 Å². The Morgan fingerprint density at radius 2 is 2.39 bits per heavy atom. The van der Waals surface area contributed by atoms with Gasteiger partial charge in [-0.3, -0.25) is 9.78 Å². The van der Waals surface area contributed by atoms with Gasteiger partial charge in [0.2, 0.25) is 0 Å². The lowest BCUT2D eigenvalue weighted by Gasteiger charge is -2.08. The molecule has 0 fully saturated rings.